The van der Waals surface area contributed by atoms with Crippen molar-refractivity contribution in [3.63, 3.8) is 0 Å². The first-order valence-corrected chi connectivity index (χ1v) is 7.12. The fourth-order valence-electron chi connectivity index (χ4n) is 1.39. The Labute approximate surface area is 119 Å². The number of hydrogen-bond acceptors (Lipinski definition) is 4. The zero-order valence-electron chi connectivity index (χ0n) is 9.45. The van der Waals surface area contributed by atoms with E-state index >= 15 is 0 Å². The maximum absolute atomic E-state index is 8.98. The van der Waals surface area contributed by atoms with Crippen LogP contribution in [0.25, 0.3) is 0 Å². The van der Waals surface area contributed by atoms with Crippen LogP contribution < -0.4 is 5.46 Å². The summed E-state index contributed by atoms with van der Waals surface area (Å²) in [6, 6.07) is 11.1. The minimum Gasteiger partial charge on any atom is -0.423 e. The Bertz CT molecular complexity index is 504. The van der Waals surface area contributed by atoms with E-state index in [4.69, 9.17) is 10.0 Å². The lowest BCUT2D eigenvalue weighted by Gasteiger charge is -2.03. The van der Waals surface area contributed by atoms with Crippen molar-refractivity contribution in [1.29, 1.82) is 0 Å². The van der Waals surface area contributed by atoms with Gasteiger partial charge in [-0.1, -0.05) is 24.3 Å². The van der Waals surface area contributed by atoms with Crippen LogP contribution in [0.4, 0.5) is 0 Å². The van der Waals surface area contributed by atoms with E-state index in [0.717, 1.165) is 20.8 Å². The molecule has 0 aliphatic carbocycles. The molecule has 1 heterocycles. The van der Waals surface area contributed by atoms with Crippen molar-refractivity contribution in [1.82, 2.24) is 4.98 Å². The Morgan fingerprint density at radius 1 is 1.11 bits per heavy atom. The topological polar surface area (TPSA) is 53.4 Å². The molecule has 0 aliphatic heterocycles. The maximum Gasteiger partial charge on any atom is 0.488 e. The fourth-order valence-corrected chi connectivity index (χ4v) is 2.42. The number of rotatable bonds is 4. The largest absolute Gasteiger partial charge is 0.488 e. The van der Waals surface area contributed by atoms with Gasteiger partial charge in [0.25, 0.3) is 0 Å². The SMILES string of the molecule is OB(O)c1ccc(CSc2ccc(Br)cn2)cc1. The molecule has 0 spiro atoms. The number of halogens is 1. The third-order valence-corrected chi connectivity index (χ3v) is 3.85. The number of hydrogen-bond donors (Lipinski definition) is 2. The van der Waals surface area contributed by atoms with Gasteiger partial charge in [-0.3, -0.25) is 0 Å². The molecular weight excluding hydrogens is 313 g/mol. The van der Waals surface area contributed by atoms with Crippen LogP contribution in [0.1, 0.15) is 5.56 Å². The smallest absolute Gasteiger partial charge is 0.423 e. The highest BCUT2D eigenvalue weighted by Crippen LogP contribution is 2.21. The molecular formula is C12H11BBrNO2S. The Balaban J connectivity index is 1.95. The first-order valence-electron chi connectivity index (χ1n) is 5.34. The molecule has 0 amide bonds. The Morgan fingerprint density at radius 2 is 1.83 bits per heavy atom. The van der Waals surface area contributed by atoms with Crippen LogP contribution in [0.15, 0.2) is 52.1 Å². The molecule has 2 rings (SSSR count). The monoisotopic (exact) mass is 323 g/mol. The van der Waals surface area contributed by atoms with E-state index < -0.39 is 7.12 Å². The summed E-state index contributed by atoms with van der Waals surface area (Å²) in [7, 11) is -1.40. The summed E-state index contributed by atoms with van der Waals surface area (Å²) in [4.78, 5) is 4.28. The van der Waals surface area contributed by atoms with Crippen LogP contribution in [0, 0.1) is 0 Å². The van der Waals surface area contributed by atoms with E-state index in [1.807, 2.05) is 24.3 Å². The molecule has 2 aromatic rings. The molecule has 0 saturated carbocycles. The summed E-state index contributed by atoms with van der Waals surface area (Å²) >= 11 is 4.98. The first-order chi connectivity index (χ1) is 8.65. The molecule has 1 aromatic heterocycles. The molecule has 2 N–H and O–H groups in total. The van der Waals surface area contributed by atoms with Gasteiger partial charge in [0.05, 0.1) is 5.03 Å². The average molecular weight is 324 g/mol. The standard InChI is InChI=1S/C12H11BBrNO2S/c14-11-5-6-12(15-7-11)18-8-9-1-3-10(4-2-9)13(16)17/h1-7,16-17H,8H2. The van der Waals surface area contributed by atoms with Crippen molar-refractivity contribution in [2.24, 2.45) is 0 Å². The minimum absolute atomic E-state index is 0.505. The molecule has 0 unspecified atom stereocenters. The van der Waals surface area contributed by atoms with Crippen molar-refractivity contribution in [2.45, 2.75) is 10.8 Å². The van der Waals surface area contributed by atoms with Gasteiger partial charge in [-0.2, -0.15) is 0 Å². The average Bonchev–Trinajstić information content (AvgIpc) is 2.38. The van der Waals surface area contributed by atoms with E-state index in [1.165, 1.54) is 0 Å². The van der Waals surface area contributed by atoms with E-state index in [1.54, 1.807) is 30.1 Å². The Hall–Kier alpha value is -0.815. The fraction of sp³-hybridized carbons (Fsp3) is 0.0833. The molecule has 0 bridgehead atoms. The second-order valence-corrected chi connectivity index (χ2v) is 5.63. The summed E-state index contributed by atoms with van der Waals surface area (Å²) in [5.41, 5.74) is 1.62. The van der Waals surface area contributed by atoms with Crippen LogP contribution in [0.2, 0.25) is 0 Å². The third kappa shape index (κ3) is 3.85. The van der Waals surface area contributed by atoms with Crippen molar-refractivity contribution in [3.8, 4) is 0 Å². The number of aromatic nitrogens is 1. The molecule has 0 radical (unpaired) electrons. The predicted octanol–water partition coefficient (Wildman–Crippen LogP) is 1.82. The minimum atomic E-state index is -1.40. The maximum atomic E-state index is 8.98. The lowest BCUT2D eigenvalue weighted by Crippen LogP contribution is -2.29. The highest BCUT2D eigenvalue weighted by Gasteiger charge is 2.09. The molecule has 0 saturated heterocycles. The zero-order chi connectivity index (χ0) is 13.0. The van der Waals surface area contributed by atoms with Crippen LogP contribution in [0.5, 0.6) is 0 Å². The Morgan fingerprint density at radius 3 is 2.39 bits per heavy atom. The van der Waals surface area contributed by atoms with Gasteiger partial charge < -0.3 is 10.0 Å². The summed E-state index contributed by atoms with van der Waals surface area (Å²) < 4.78 is 0.966. The van der Waals surface area contributed by atoms with Crippen molar-refractivity contribution < 1.29 is 10.0 Å². The van der Waals surface area contributed by atoms with E-state index in [0.29, 0.717) is 5.46 Å². The van der Waals surface area contributed by atoms with Crippen LogP contribution in [-0.2, 0) is 5.75 Å². The van der Waals surface area contributed by atoms with Crippen LogP contribution in [0.3, 0.4) is 0 Å². The Kier molecular flexibility index (Phi) is 4.83. The van der Waals surface area contributed by atoms with Gasteiger partial charge >= 0.3 is 7.12 Å². The quantitative estimate of drug-likeness (QED) is 0.665. The van der Waals surface area contributed by atoms with Crippen LogP contribution >= 0.6 is 27.7 Å². The second-order valence-electron chi connectivity index (χ2n) is 3.72. The van der Waals surface area contributed by atoms with Crippen molar-refractivity contribution in [2.75, 3.05) is 0 Å². The van der Waals surface area contributed by atoms with Crippen molar-refractivity contribution >= 4 is 40.3 Å². The van der Waals surface area contributed by atoms with Gasteiger partial charge in [-0.15, -0.1) is 11.8 Å². The molecule has 18 heavy (non-hydrogen) atoms. The number of nitrogens with zero attached hydrogens (tertiary/aromatic N) is 1. The van der Waals surface area contributed by atoms with Crippen LogP contribution in [-0.4, -0.2) is 22.2 Å². The van der Waals surface area contributed by atoms with Gasteiger partial charge in [-0.05, 0) is 39.1 Å². The predicted molar refractivity (Wildman–Crippen MR) is 77.8 cm³/mol. The molecule has 92 valence electrons. The molecule has 1 aromatic carbocycles. The third-order valence-electron chi connectivity index (χ3n) is 2.36. The second kappa shape index (κ2) is 6.38. The van der Waals surface area contributed by atoms with Gasteiger partial charge in [0.1, 0.15) is 0 Å². The first kappa shape index (κ1) is 13.6. The molecule has 3 nitrogen and oxygen atoms in total. The lowest BCUT2D eigenvalue weighted by atomic mass is 9.80. The summed E-state index contributed by atoms with van der Waals surface area (Å²) in [6.07, 6.45) is 1.77. The summed E-state index contributed by atoms with van der Waals surface area (Å²) in [5, 5.41) is 18.9. The van der Waals surface area contributed by atoms with E-state index in [9.17, 15) is 0 Å². The van der Waals surface area contributed by atoms with Crippen molar-refractivity contribution in [3.05, 3.63) is 52.6 Å². The molecule has 0 aliphatic rings. The van der Waals surface area contributed by atoms with Gasteiger partial charge in [-0.25, -0.2) is 4.98 Å². The molecule has 0 atom stereocenters. The normalized spacial score (nSPS) is 10.4. The van der Waals surface area contributed by atoms with E-state index in [2.05, 4.69) is 20.9 Å². The highest BCUT2D eigenvalue weighted by molar-refractivity contribution is 9.10. The molecule has 6 heteroatoms. The summed E-state index contributed by atoms with van der Waals surface area (Å²) in [5.74, 6) is 0.802. The van der Waals surface area contributed by atoms with E-state index in [-0.39, 0.29) is 0 Å². The highest BCUT2D eigenvalue weighted by atomic mass is 79.9. The number of thioether (sulfide) groups is 1. The number of pyridine rings is 1. The van der Waals surface area contributed by atoms with Gasteiger partial charge in [0, 0.05) is 16.4 Å². The summed E-state index contributed by atoms with van der Waals surface area (Å²) in [6.45, 7) is 0. The van der Waals surface area contributed by atoms with Gasteiger partial charge in [0.2, 0.25) is 0 Å². The van der Waals surface area contributed by atoms with Gasteiger partial charge in [0.15, 0.2) is 0 Å². The zero-order valence-corrected chi connectivity index (χ0v) is 11.9. The lowest BCUT2D eigenvalue weighted by molar-refractivity contribution is 0.426. The molecule has 0 fully saturated rings. The number of benzene rings is 1.